The van der Waals surface area contributed by atoms with Crippen molar-refractivity contribution < 1.29 is 13.5 Å². The first-order valence-electron chi connectivity index (χ1n) is 5.22. The highest BCUT2D eigenvalue weighted by Crippen LogP contribution is 2.20. The van der Waals surface area contributed by atoms with Gasteiger partial charge < -0.3 is 4.74 Å². The third-order valence-electron chi connectivity index (χ3n) is 2.19. The fourth-order valence-corrected chi connectivity index (χ4v) is 1.61. The third-order valence-corrected chi connectivity index (χ3v) is 2.65. The zero-order valence-corrected chi connectivity index (χ0v) is 11.0. The quantitative estimate of drug-likeness (QED) is 0.736. The lowest BCUT2D eigenvalue weighted by molar-refractivity contribution is 0.106. The number of hydrogen-bond acceptors (Lipinski definition) is 1. The van der Waals surface area contributed by atoms with Gasteiger partial charge in [-0.15, -0.1) is 0 Å². The maximum Gasteiger partial charge on any atom is 0.132 e. The highest BCUT2D eigenvalue weighted by Gasteiger charge is 2.10. The summed E-state index contributed by atoms with van der Waals surface area (Å²) in [4.78, 5) is 0. The Bertz CT molecular complexity index is 330. The smallest absolute Gasteiger partial charge is 0.132 e. The van der Waals surface area contributed by atoms with Crippen LogP contribution < -0.4 is 0 Å². The van der Waals surface area contributed by atoms with Gasteiger partial charge in [0.1, 0.15) is 11.6 Å². The Balaban J connectivity index is 2.54. The van der Waals surface area contributed by atoms with Gasteiger partial charge in [0, 0.05) is 16.6 Å². The number of halogens is 3. The molecule has 0 unspecified atom stereocenters. The summed E-state index contributed by atoms with van der Waals surface area (Å²) in [5.41, 5.74) is -0.00745. The number of ether oxygens (including phenoxy) is 1. The molecule has 1 aromatic rings. The van der Waals surface area contributed by atoms with Crippen LogP contribution in [-0.2, 0) is 11.3 Å². The van der Waals surface area contributed by atoms with E-state index in [0.29, 0.717) is 17.0 Å². The molecule has 4 heteroatoms. The first kappa shape index (κ1) is 13.6. The maximum atomic E-state index is 13.3. The lowest BCUT2D eigenvalue weighted by Gasteiger charge is -2.08. The molecule has 0 aliphatic carbocycles. The fourth-order valence-electron chi connectivity index (χ4n) is 1.20. The average molecular weight is 293 g/mol. The summed E-state index contributed by atoms with van der Waals surface area (Å²) in [5.74, 6) is -0.618. The third kappa shape index (κ3) is 4.18. The Labute approximate surface area is 103 Å². The average Bonchev–Trinajstić information content (AvgIpc) is 2.14. The molecule has 90 valence electrons. The molecule has 0 N–H and O–H groups in total. The molecule has 0 heterocycles. The summed E-state index contributed by atoms with van der Waals surface area (Å²) >= 11 is 3.03. The minimum atomic E-state index is -0.573. The zero-order valence-electron chi connectivity index (χ0n) is 9.40. The van der Waals surface area contributed by atoms with Crippen LogP contribution in [0.4, 0.5) is 8.78 Å². The van der Waals surface area contributed by atoms with E-state index >= 15 is 0 Å². The lowest BCUT2D eigenvalue weighted by Crippen LogP contribution is -2.03. The molecule has 0 atom stereocenters. The molecule has 0 aliphatic rings. The Morgan fingerprint density at radius 2 is 1.81 bits per heavy atom. The van der Waals surface area contributed by atoms with Crippen LogP contribution in [0.5, 0.6) is 0 Å². The van der Waals surface area contributed by atoms with Gasteiger partial charge in [-0.25, -0.2) is 8.78 Å². The van der Waals surface area contributed by atoms with Gasteiger partial charge in [-0.2, -0.15) is 0 Å². The van der Waals surface area contributed by atoms with Gasteiger partial charge in [0.15, 0.2) is 0 Å². The van der Waals surface area contributed by atoms with E-state index in [1.165, 1.54) is 12.1 Å². The minimum Gasteiger partial charge on any atom is -0.377 e. The Hall–Kier alpha value is -0.480. The van der Waals surface area contributed by atoms with E-state index in [9.17, 15) is 8.78 Å². The van der Waals surface area contributed by atoms with Gasteiger partial charge >= 0.3 is 0 Å². The van der Waals surface area contributed by atoms with Gasteiger partial charge in [0.2, 0.25) is 0 Å². The van der Waals surface area contributed by atoms with Crippen LogP contribution in [0.15, 0.2) is 16.6 Å². The second kappa shape index (κ2) is 6.30. The maximum absolute atomic E-state index is 13.3. The number of benzene rings is 1. The van der Waals surface area contributed by atoms with Crippen molar-refractivity contribution in [3.8, 4) is 0 Å². The van der Waals surface area contributed by atoms with Crippen LogP contribution >= 0.6 is 15.9 Å². The topological polar surface area (TPSA) is 9.23 Å². The molecule has 0 aromatic heterocycles. The van der Waals surface area contributed by atoms with Crippen molar-refractivity contribution in [1.82, 2.24) is 0 Å². The second-order valence-electron chi connectivity index (χ2n) is 4.08. The van der Waals surface area contributed by atoms with Crippen molar-refractivity contribution in [2.45, 2.75) is 26.9 Å². The molecule has 0 spiro atoms. The van der Waals surface area contributed by atoms with Crippen molar-refractivity contribution in [3.05, 3.63) is 33.8 Å². The second-order valence-corrected chi connectivity index (χ2v) is 5.00. The first-order valence-corrected chi connectivity index (χ1v) is 6.01. The van der Waals surface area contributed by atoms with Gasteiger partial charge in [-0.3, -0.25) is 0 Å². The van der Waals surface area contributed by atoms with Gasteiger partial charge in [0.05, 0.1) is 6.61 Å². The molecule has 0 saturated carbocycles. The summed E-state index contributed by atoms with van der Waals surface area (Å²) in [6, 6.07) is 2.48. The minimum absolute atomic E-state index is 0.00745. The largest absolute Gasteiger partial charge is 0.377 e. The molecule has 0 bridgehead atoms. The number of rotatable bonds is 5. The highest BCUT2D eigenvalue weighted by atomic mass is 79.9. The van der Waals surface area contributed by atoms with Crippen molar-refractivity contribution in [2.24, 2.45) is 5.92 Å². The van der Waals surface area contributed by atoms with Crippen molar-refractivity contribution in [2.75, 3.05) is 6.61 Å². The summed E-state index contributed by atoms with van der Waals surface area (Å²) < 4.78 is 32.3. The fraction of sp³-hybridized carbons (Fsp3) is 0.500. The van der Waals surface area contributed by atoms with E-state index in [2.05, 4.69) is 29.8 Å². The van der Waals surface area contributed by atoms with E-state index in [0.717, 1.165) is 6.42 Å². The Kier molecular flexibility index (Phi) is 5.35. The zero-order chi connectivity index (χ0) is 12.1. The summed E-state index contributed by atoms with van der Waals surface area (Å²) in [7, 11) is 0. The SMILES string of the molecule is CC(C)CCOCc1c(F)cc(Br)cc1F. The van der Waals surface area contributed by atoms with E-state index in [4.69, 9.17) is 4.74 Å². The molecular formula is C12H15BrF2O. The molecule has 1 nitrogen and oxygen atoms in total. The van der Waals surface area contributed by atoms with Crippen LogP contribution in [0.2, 0.25) is 0 Å². The van der Waals surface area contributed by atoms with E-state index < -0.39 is 11.6 Å². The van der Waals surface area contributed by atoms with Gasteiger partial charge in [0.25, 0.3) is 0 Å². The van der Waals surface area contributed by atoms with Gasteiger partial charge in [-0.1, -0.05) is 29.8 Å². The monoisotopic (exact) mass is 292 g/mol. The van der Waals surface area contributed by atoms with Crippen molar-refractivity contribution in [1.29, 1.82) is 0 Å². The van der Waals surface area contributed by atoms with E-state index in [1.54, 1.807) is 0 Å². The highest BCUT2D eigenvalue weighted by molar-refractivity contribution is 9.10. The molecule has 16 heavy (non-hydrogen) atoms. The normalized spacial score (nSPS) is 11.1. The molecule has 0 saturated heterocycles. The van der Waals surface area contributed by atoms with E-state index in [-0.39, 0.29) is 12.2 Å². The Morgan fingerprint density at radius 3 is 2.31 bits per heavy atom. The molecule has 1 aromatic carbocycles. The van der Waals surface area contributed by atoms with Crippen molar-refractivity contribution in [3.63, 3.8) is 0 Å². The molecule has 0 fully saturated rings. The summed E-state index contributed by atoms with van der Waals surface area (Å²) in [6.07, 6.45) is 0.889. The molecule has 0 amide bonds. The molecular weight excluding hydrogens is 278 g/mol. The van der Waals surface area contributed by atoms with Crippen LogP contribution in [0.3, 0.4) is 0 Å². The lowest BCUT2D eigenvalue weighted by atomic mass is 10.1. The number of hydrogen-bond donors (Lipinski definition) is 0. The molecule has 1 rings (SSSR count). The predicted molar refractivity (Wildman–Crippen MR) is 63.2 cm³/mol. The van der Waals surface area contributed by atoms with E-state index in [1.807, 2.05) is 0 Å². The summed E-state index contributed by atoms with van der Waals surface area (Å²) in [5, 5.41) is 0. The first-order chi connectivity index (χ1) is 7.50. The van der Waals surface area contributed by atoms with Gasteiger partial charge in [-0.05, 0) is 24.5 Å². The van der Waals surface area contributed by atoms with Crippen LogP contribution in [0.25, 0.3) is 0 Å². The van der Waals surface area contributed by atoms with Crippen LogP contribution in [0.1, 0.15) is 25.8 Å². The van der Waals surface area contributed by atoms with Crippen LogP contribution in [-0.4, -0.2) is 6.61 Å². The Morgan fingerprint density at radius 1 is 1.25 bits per heavy atom. The summed E-state index contributed by atoms with van der Waals surface area (Å²) in [6.45, 7) is 4.65. The van der Waals surface area contributed by atoms with Crippen LogP contribution in [0, 0.1) is 17.6 Å². The predicted octanol–water partition coefficient (Wildman–Crippen LogP) is 4.29. The molecule has 0 radical (unpaired) electrons. The molecule has 0 aliphatic heterocycles. The standard InChI is InChI=1S/C12H15BrF2O/c1-8(2)3-4-16-7-10-11(14)5-9(13)6-12(10)15/h5-6,8H,3-4,7H2,1-2H3. The van der Waals surface area contributed by atoms with Crippen molar-refractivity contribution >= 4 is 15.9 Å².